The number of rotatable bonds is 7. The van der Waals surface area contributed by atoms with Crippen LogP contribution >= 0.6 is 0 Å². The van der Waals surface area contributed by atoms with Crippen LogP contribution in [0.4, 0.5) is 5.69 Å². The van der Waals surface area contributed by atoms with Gasteiger partial charge in [0.2, 0.25) is 10.0 Å². The summed E-state index contributed by atoms with van der Waals surface area (Å²) in [6.07, 6.45) is 6.52. The number of nitrogens with zero attached hydrogens (tertiary/aromatic N) is 2. The molecule has 1 aromatic carbocycles. The van der Waals surface area contributed by atoms with Crippen LogP contribution in [0.2, 0.25) is 0 Å². The molecule has 1 aliphatic rings. The van der Waals surface area contributed by atoms with Gasteiger partial charge in [0.25, 0.3) is 5.91 Å². The summed E-state index contributed by atoms with van der Waals surface area (Å²) in [4.78, 5) is 21.8. The molecule has 1 fully saturated rings. The molecule has 134 valence electrons. The van der Waals surface area contributed by atoms with E-state index in [1.807, 2.05) is 0 Å². The average Bonchev–Trinajstić information content (AvgIpc) is 3.13. The Bertz CT molecular complexity index is 809. The first kappa shape index (κ1) is 18.7. The standard InChI is InChI=1S/C15H17N3O6S/c1-2-7-16-15(19)11-24-14-6-5-12(10-13(14)18(20)21)25(22,23)17-8-3-4-9-17/h1,5-6,10H,3-4,7-9,11H2,(H,16,19). The largest absolute Gasteiger partial charge is 0.477 e. The highest BCUT2D eigenvalue weighted by Gasteiger charge is 2.29. The molecule has 25 heavy (non-hydrogen) atoms. The van der Waals surface area contributed by atoms with Crippen molar-refractivity contribution < 1.29 is 22.9 Å². The van der Waals surface area contributed by atoms with Crippen LogP contribution in [0.15, 0.2) is 23.1 Å². The lowest BCUT2D eigenvalue weighted by molar-refractivity contribution is -0.386. The second-order valence-corrected chi connectivity index (χ2v) is 7.21. The Labute approximate surface area is 145 Å². The zero-order chi connectivity index (χ0) is 18.4. The van der Waals surface area contributed by atoms with E-state index in [0.717, 1.165) is 18.9 Å². The van der Waals surface area contributed by atoms with Crippen molar-refractivity contribution in [3.63, 3.8) is 0 Å². The molecule has 1 heterocycles. The summed E-state index contributed by atoms with van der Waals surface area (Å²) in [5.74, 6) is 1.48. The Morgan fingerprint density at radius 2 is 2.08 bits per heavy atom. The van der Waals surface area contributed by atoms with Crippen molar-refractivity contribution in [2.24, 2.45) is 0 Å². The van der Waals surface area contributed by atoms with Crippen molar-refractivity contribution in [1.82, 2.24) is 9.62 Å². The molecular weight excluding hydrogens is 350 g/mol. The molecule has 0 aromatic heterocycles. The van der Waals surface area contributed by atoms with Gasteiger partial charge in [-0.2, -0.15) is 4.31 Å². The molecule has 1 saturated heterocycles. The fourth-order valence-electron chi connectivity index (χ4n) is 2.34. The van der Waals surface area contributed by atoms with Crippen molar-refractivity contribution in [3.05, 3.63) is 28.3 Å². The Morgan fingerprint density at radius 1 is 1.40 bits per heavy atom. The Morgan fingerprint density at radius 3 is 2.68 bits per heavy atom. The number of hydrogen-bond donors (Lipinski definition) is 1. The average molecular weight is 367 g/mol. The maximum Gasteiger partial charge on any atom is 0.312 e. The summed E-state index contributed by atoms with van der Waals surface area (Å²) in [7, 11) is -3.78. The van der Waals surface area contributed by atoms with Gasteiger partial charge in [0.05, 0.1) is 16.4 Å². The number of carbonyl (C=O) groups is 1. The van der Waals surface area contributed by atoms with Crippen LogP contribution in [0.5, 0.6) is 5.75 Å². The Hall–Kier alpha value is -2.64. The van der Waals surface area contributed by atoms with Crippen molar-refractivity contribution in [2.45, 2.75) is 17.7 Å². The molecule has 0 spiro atoms. The van der Waals surface area contributed by atoms with Crippen molar-refractivity contribution in [2.75, 3.05) is 26.2 Å². The number of nitrogens with one attached hydrogen (secondary N) is 1. The molecule has 0 radical (unpaired) electrons. The minimum Gasteiger partial charge on any atom is -0.477 e. The van der Waals surface area contributed by atoms with Gasteiger partial charge in [0, 0.05) is 19.2 Å². The van der Waals surface area contributed by atoms with Gasteiger partial charge in [-0.05, 0) is 25.0 Å². The van der Waals surface area contributed by atoms with E-state index >= 15 is 0 Å². The van der Waals surface area contributed by atoms with Gasteiger partial charge in [-0.25, -0.2) is 8.42 Å². The first-order chi connectivity index (χ1) is 11.9. The van der Waals surface area contributed by atoms with Crippen LogP contribution in [0.1, 0.15) is 12.8 Å². The number of terminal acetylenes is 1. The van der Waals surface area contributed by atoms with Gasteiger partial charge in [-0.3, -0.25) is 14.9 Å². The van der Waals surface area contributed by atoms with E-state index in [4.69, 9.17) is 11.2 Å². The maximum atomic E-state index is 12.5. The van der Waals surface area contributed by atoms with E-state index in [2.05, 4.69) is 11.2 Å². The van der Waals surface area contributed by atoms with E-state index in [1.54, 1.807) is 0 Å². The highest BCUT2D eigenvalue weighted by Crippen LogP contribution is 2.31. The first-order valence-electron chi connectivity index (χ1n) is 7.48. The zero-order valence-corrected chi connectivity index (χ0v) is 14.1. The SMILES string of the molecule is C#CCNC(=O)COc1ccc(S(=O)(=O)N2CCCC2)cc1[N+](=O)[O-]. The quantitative estimate of drug-likeness (QED) is 0.426. The molecule has 2 rings (SSSR count). The smallest absolute Gasteiger partial charge is 0.312 e. The van der Waals surface area contributed by atoms with Crippen LogP contribution in [0, 0.1) is 22.5 Å². The molecule has 9 nitrogen and oxygen atoms in total. The molecule has 1 amide bonds. The minimum atomic E-state index is -3.78. The third-order valence-electron chi connectivity index (χ3n) is 3.58. The monoisotopic (exact) mass is 367 g/mol. The van der Waals surface area contributed by atoms with Crippen LogP contribution in [0.3, 0.4) is 0 Å². The summed E-state index contributed by atoms with van der Waals surface area (Å²) < 4.78 is 31.4. The third-order valence-corrected chi connectivity index (χ3v) is 5.47. The van der Waals surface area contributed by atoms with Gasteiger partial charge in [-0.15, -0.1) is 6.42 Å². The highest BCUT2D eigenvalue weighted by atomic mass is 32.2. The minimum absolute atomic E-state index is 0.0112. The number of nitro groups is 1. The zero-order valence-electron chi connectivity index (χ0n) is 13.3. The lowest BCUT2D eigenvalue weighted by atomic mass is 10.3. The van der Waals surface area contributed by atoms with Gasteiger partial charge in [0.1, 0.15) is 0 Å². The lowest BCUT2D eigenvalue weighted by Gasteiger charge is -2.15. The van der Waals surface area contributed by atoms with E-state index in [1.165, 1.54) is 16.4 Å². The van der Waals surface area contributed by atoms with Crippen molar-refractivity contribution in [3.8, 4) is 18.1 Å². The topological polar surface area (TPSA) is 119 Å². The fourth-order valence-corrected chi connectivity index (χ4v) is 3.88. The van der Waals surface area contributed by atoms with Crippen LogP contribution in [0.25, 0.3) is 0 Å². The maximum absolute atomic E-state index is 12.5. The second kappa shape index (κ2) is 7.96. The molecule has 0 saturated carbocycles. The van der Waals surface area contributed by atoms with Gasteiger partial charge < -0.3 is 10.1 Å². The Balaban J connectivity index is 2.21. The van der Waals surface area contributed by atoms with Gasteiger partial charge in [-0.1, -0.05) is 5.92 Å². The van der Waals surface area contributed by atoms with E-state index in [9.17, 15) is 23.3 Å². The molecule has 1 aliphatic heterocycles. The molecule has 1 aromatic rings. The first-order valence-corrected chi connectivity index (χ1v) is 8.92. The van der Waals surface area contributed by atoms with Crippen molar-refractivity contribution >= 4 is 21.6 Å². The number of benzene rings is 1. The molecule has 0 atom stereocenters. The molecule has 1 N–H and O–H groups in total. The normalized spacial score (nSPS) is 14.7. The van der Waals surface area contributed by atoms with E-state index in [-0.39, 0.29) is 17.2 Å². The number of sulfonamides is 1. The summed E-state index contributed by atoms with van der Waals surface area (Å²) in [6, 6.07) is 3.35. The molecule has 10 heteroatoms. The third kappa shape index (κ3) is 4.46. The van der Waals surface area contributed by atoms with Crippen LogP contribution < -0.4 is 10.1 Å². The summed E-state index contributed by atoms with van der Waals surface area (Å²) in [5.41, 5.74) is -0.523. The van der Waals surface area contributed by atoms with E-state index < -0.39 is 33.1 Å². The number of ether oxygens (including phenoxy) is 1. The van der Waals surface area contributed by atoms with Crippen LogP contribution in [-0.4, -0.2) is 49.8 Å². The molecule has 0 unspecified atom stereocenters. The lowest BCUT2D eigenvalue weighted by Crippen LogP contribution is -2.29. The number of carbonyl (C=O) groups excluding carboxylic acids is 1. The van der Waals surface area contributed by atoms with Crippen molar-refractivity contribution in [1.29, 1.82) is 0 Å². The molecule has 0 aliphatic carbocycles. The van der Waals surface area contributed by atoms with Gasteiger partial charge in [0.15, 0.2) is 12.4 Å². The summed E-state index contributed by atoms with van der Waals surface area (Å²) in [6.45, 7) is 0.325. The predicted octanol–water partition coefficient (Wildman–Crippen LogP) is 0.507. The van der Waals surface area contributed by atoms with E-state index in [0.29, 0.717) is 13.1 Å². The Kier molecular flexibility index (Phi) is 5.95. The molecular formula is C15H17N3O6S. The van der Waals surface area contributed by atoms with Crippen LogP contribution in [-0.2, 0) is 14.8 Å². The van der Waals surface area contributed by atoms with Gasteiger partial charge >= 0.3 is 5.69 Å². The summed E-state index contributed by atoms with van der Waals surface area (Å²) in [5, 5.41) is 13.6. The second-order valence-electron chi connectivity index (χ2n) is 5.27. The summed E-state index contributed by atoms with van der Waals surface area (Å²) >= 11 is 0. The highest BCUT2D eigenvalue weighted by molar-refractivity contribution is 7.89. The fraction of sp³-hybridized carbons (Fsp3) is 0.400. The molecule has 0 bridgehead atoms. The number of amides is 1. The predicted molar refractivity (Wildman–Crippen MR) is 88.4 cm³/mol. The number of nitro benzene ring substituents is 1. The number of hydrogen-bond acceptors (Lipinski definition) is 6.